The molecule has 1 aromatic carbocycles. The van der Waals surface area contributed by atoms with E-state index in [-0.39, 0.29) is 30.4 Å². The standard InChI is InChI=1S/C15H25N3O2.C3H7NO.C2H6/c1-11(19)10-17-8-3-9-18-15(20)14-6-4-13(5-7-14)12(2)16;1-3(5)2-4;1-2/h4-7,11-12,17,19H,3,8-10,16H2,1-2H3,(H,18,20);2,4H2,1H3;1-2H3. The van der Waals surface area contributed by atoms with Crippen LogP contribution in [0.4, 0.5) is 0 Å². The minimum atomic E-state index is -0.340. The number of benzene rings is 1. The average molecular weight is 383 g/mol. The number of rotatable bonds is 9. The van der Waals surface area contributed by atoms with Crippen molar-refractivity contribution in [3.63, 3.8) is 0 Å². The quantitative estimate of drug-likeness (QED) is 0.410. The number of aliphatic hydroxyl groups excluding tert-OH is 1. The maximum absolute atomic E-state index is 11.9. The maximum atomic E-state index is 11.9. The first-order valence-electron chi connectivity index (χ1n) is 9.50. The van der Waals surface area contributed by atoms with Crippen LogP contribution < -0.4 is 22.1 Å². The Bertz CT molecular complexity index is 502. The number of amides is 1. The van der Waals surface area contributed by atoms with Crippen LogP contribution in [0.3, 0.4) is 0 Å². The lowest BCUT2D eigenvalue weighted by molar-refractivity contribution is -0.115. The molecule has 7 N–H and O–H groups in total. The van der Waals surface area contributed by atoms with Gasteiger partial charge < -0.3 is 27.2 Å². The molecule has 7 nitrogen and oxygen atoms in total. The summed E-state index contributed by atoms with van der Waals surface area (Å²) >= 11 is 0. The normalized spacial score (nSPS) is 11.9. The lowest BCUT2D eigenvalue weighted by Crippen LogP contribution is -2.30. The van der Waals surface area contributed by atoms with Crippen LogP contribution in [0.25, 0.3) is 0 Å². The van der Waals surface area contributed by atoms with Crippen LogP contribution in [0.1, 0.15) is 63.0 Å². The molecule has 7 heteroatoms. The van der Waals surface area contributed by atoms with E-state index in [9.17, 15) is 9.59 Å². The Hall–Kier alpha value is -1.80. The highest BCUT2D eigenvalue weighted by Crippen LogP contribution is 2.10. The summed E-state index contributed by atoms with van der Waals surface area (Å²) in [7, 11) is 0. The fourth-order valence-electron chi connectivity index (χ4n) is 1.77. The molecule has 27 heavy (non-hydrogen) atoms. The molecule has 0 aliphatic rings. The topological polar surface area (TPSA) is 130 Å². The number of carbonyl (C=O) groups is 2. The summed E-state index contributed by atoms with van der Waals surface area (Å²) in [6.07, 6.45) is 0.490. The van der Waals surface area contributed by atoms with Crippen molar-refractivity contribution in [1.82, 2.24) is 10.6 Å². The first-order valence-corrected chi connectivity index (χ1v) is 9.50. The van der Waals surface area contributed by atoms with E-state index in [1.165, 1.54) is 6.92 Å². The van der Waals surface area contributed by atoms with E-state index in [0.29, 0.717) is 18.7 Å². The number of nitrogens with two attached hydrogens (primary N) is 2. The largest absolute Gasteiger partial charge is 0.392 e. The highest BCUT2D eigenvalue weighted by Gasteiger charge is 2.05. The SMILES string of the molecule is CC.CC(=O)CN.CC(O)CNCCCNC(=O)c1ccc(C(C)N)cc1. The van der Waals surface area contributed by atoms with Gasteiger partial charge in [-0.25, -0.2) is 0 Å². The van der Waals surface area contributed by atoms with E-state index in [1.807, 2.05) is 32.9 Å². The van der Waals surface area contributed by atoms with Gasteiger partial charge in [0.25, 0.3) is 5.91 Å². The molecule has 0 aromatic heterocycles. The molecule has 1 amide bonds. The van der Waals surface area contributed by atoms with Gasteiger partial charge >= 0.3 is 0 Å². The highest BCUT2D eigenvalue weighted by atomic mass is 16.3. The zero-order chi connectivity index (χ0) is 21.2. The zero-order valence-electron chi connectivity index (χ0n) is 17.4. The molecule has 1 rings (SSSR count). The van der Waals surface area contributed by atoms with Crippen molar-refractivity contribution in [3.05, 3.63) is 35.4 Å². The minimum Gasteiger partial charge on any atom is -0.392 e. The van der Waals surface area contributed by atoms with Gasteiger partial charge in [0.1, 0.15) is 5.78 Å². The zero-order valence-corrected chi connectivity index (χ0v) is 17.4. The van der Waals surface area contributed by atoms with Crippen molar-refractivity contribution in [2.45, 2.75) is 53.2 Å². The van der Waals surface area contributed by atoms with Gasteiger partial charge in [0.05, 0.1) is 12.6 Å². The molecule has 0 spiro atoms. The third kappa shape index (κ3) is 16.1. The Morgan fingerprint density at radius 2 is 1.63 bits per heavy atom. The van der Waals surface area contributed by atoms with Gasteiger partial charge in [-0.1, -0.05) is 26.0 Å². The van der Waals surface area contributed by atoms with Gasteiger partial charge in [-0.2, -0.15) is 0 Å². The van der Waals surface area contributed by atoms with Crippen molar-refractivity contribution in [3.8, 4) is 0 Å². The Labute approximate surface area is 163 Å². The number of ketones is 1. The molecular formula is C20H38N4O3. The first-order chi connectivity index (χ1) is 12.8. The van der Waals surface area contributed by atoms with Crippen LogP contribution in [-0.2, 0) is 4.79 Å². The summed E-state index contributed by atoms with van der Waals surface area (Å²) < 4.78 is 0. The predicted molar refractivity (Wildman–Crippen MR) is 112 cm³/mol. The van der Waals surface area contributed by atoms with Crippen molar-refractivity contribution >= 4 is 11.7 Å². The number of aliphatic hydroxyl groups is 1. The fraction of sp³-hybridized carbons (Fsp3) is 0.600. The summed E-state index contributed by atoms with van der Waals surface area (Å²) in [4.78, 5) is 21.6. The van der Waals surface area contributed by atoms with Crippen molar-refractivity contribution in [2.24, 2.45) is 11.5 Å². The molecule has 2 atom stereocenters. The molecule has 1 aromatic rings. The molecule has 0 aliphatic heterocycles. The Morgan fingerprint density at radius 1 is 1.11 bits per heavy atom. The second-order valence-electron chi connectivity index (χ2n) is 5.98. The van der Waals surface area contributed by atoms with E-state index in [4.69, 9.17) is 16.6 Å². The number of hydrogen-bond acceptors (Lipinski definition) is 6. The number of carbonyl (C=O) groups excluding carboxylic acids is 2. The molecule has 0 bridgehead atoms. The van der Waals surface area contributed by atoms with Crippen molar-refractivity contribution in [1.29, 1.82) is 0 Å². The van der Waals surface area contributed by atoms with Gasteiger partial charge in [-0.15, -0.1) is 0 Å². The minimum absolute atomic E-state index is 0.0212. The van der Waals surface area contributed by atoms with E-state index in [2.05, 4.69) is 10.6 Å². The molecule has 0 heterocycles. The summed E-state index contributed by atoms with van der Waals surface area (Å²) in [6, 6.07) is 7.32. The molecular weight excluding hydrogens is 344 g/mol. The summed E-state index contributed by atoms with van der Waals surface area (Å²) in [6.45, 7) is 11.2. The van der Waals surface area contributed by atoms with Crippen molar-refractivity contribution in [2.75, 3.05) is 26.2 Å². The van der Waals surface area contributed by atoms with Crippen LogP contribution in [0, 0.1) is 0 Å². The second kappa shape index (κ2) is 17.6. The molecule has 2 unspecified atom stereocenters. The number of nitrogens with one attached hydrogen (secondary N) is 2. The van der Waals surface area contributed by atoms with Gasteiger partial charge in [0, 0.05) is 24.7 Å². The lowest BCUT2D eigenvalue weighted by Gasteiger charge is -2.09. The van der Waals surface area contributed by atoms with Gasteiger partial charge in [0.15, 0.2) is 0 Å². The summed E-state index contributed by atoms with van der Waals surface area (Å²) in [5, 5.41) is 15.0. The van der Waals surface area contributed by atoms with Crippen LogP contribution in [-0.4, -0.2) is 49.1 Å². The first kappa shape index (κ1) is 27.4. The van der Waals surface area contributed by atoms with Crippen LogP contribution in [0.5, 0.6) is 0 Å². The number of Topliss-reactive ketones (excluding diaryl/α,β-unsaturated/α-hetero) is 1. The number of hydrogen-bond donors (Lipinski definition) is 5. The van der Waals surface area contributed by atoms with Crippen LogP contribution in [0.2, 0.25) is 0 Å². The Morgan fingerprint density at radius 3 is 2.04 bits per heavy atom. The smallest absolute Gasteiger partial charge is 0.251 e. The fourth-order valence-corrected chi connectivity index (χ4v) is 1.77. The van der Waals surface area contributed by atoms with E-state index in [1.54, 1.807) is 19.1 Å². The molecule has 0 fully saturated rings. The van der Waals surface area contributed by atoms with Crippen LogP contribution >= 0.6 is 0 Å². The molecule has 0 saturated carbocycles. The summed E-state index contributed by atoms with van der Waals surface area (Å²) in [5.41, 5.74) is 12.2. The average Bonchev–Trinajstić information content (AvgIpc) is 2.66. The Kier molecular flexibility index (Phi) is 17.9. The van der Waals surface area contributed by atoms with Crippen molar-refractivity contribution < 1.29 is 14.7 Å². The molecule has 0 aliphatic carbocycles. The molecule has 156 valence electrons. The second-order valence-corrected chi connectivity index (χ2v) is 5.98. The molecule has 0 saturated heterocycles. The third-order valence-corrected chi connectivity index (χ3v) is 3.24. The van der Waals surface area contributed by atoms with Gasteiger partial charge in [0.2, 0.25) is 0 Å². The third-order valence-electron chi connectivity index (χ3n) is 3.24. The predicted octanol–water partition coefficient (Wildman–Crippen LogP) is 1.36. The lowest BCUT2D eigenvalue weighted by atomic mass is 10.1. The highest BCUT2D eigenvalue weighted by molar-refractivity contribution is 5.94. The van der Waals surface area contributed by atoms with E-state index in [0.717, 1.165) is 18.5 Å². The maximum Gasteiger partial charge on any atom is 0.251 e. The van der Waals surface area contributed by atoms with Crippen LogP contribution in [0.15, 0.2) is 24.3 Å². The van der Waals surface area contributed by atoms with Gasteiger partial charge in [-0.05, 0) is 51.4 Å². The Balaban J connectivity index is 0. The molecule has 0 radical (unpaired) electrons. The summed E-state index contributed by atoms with van der Waals surface area (Å²) in [5.74, 6) is -0.0400. The van der Waals surface area contributed by atoms with Gasteiger partial charge in [-0.3, -0.25) is 9.59 Å². The van der Waals surface area contributed by atoms with E-state index >= 15 is 0 Å². The monoisotopic (exact) mass is 382 g/mol. The van der Waals surface area contributed by atoms with E-state index < -0.39 is 0 Å².